The third kappa shape index (κ3) is 4.49. The number of sulfonamides is 1. The molecule has 108 valence electrons. The van der Waals surface area contributed by atoms with Gasteiger partial charge < -0.3 is 0 Å². The predicted molar refractivity (Wildman–Crippen MR) is 80.9 cm³/mol. The van der Waals surface area contributed by atoms with E-state index in [1.807, 2.05) is 0 Å². The van der Waals surface area contributed by atoms with E-state index < -0.39 is 10.0 Å². The molecule has 2 heterocycles. The summed E-state index contributed by atoms with van der Waals surface area (Å²) >= 11 is 1.41. The van der Waals surface area contributed by atoms with Crippen molar-refractivity contribution in [1.29, 1.82) is 0 Å². The molecule has 2 aliphatic rings. The summed E-state index contributed by atoms with van der Waals surface area (Å²) in [5.74, 6) is 0.0743. The maximum absolute atomic E-state index is 11.4. The lowest BCUT2D eigenvalue weighted by molar-refractivity contribution is 0.472. The fourth-order valence-electron chi connectivity index (χ4n) is 2.09. The van der Waals surface area contributed by atoms with E-state index in [0.29, 0.717) is 11.7 Å². The monoisotopic (exact) mass is 303 g/mol. The molecular formula is C12H21N3O2S2. The molecule has 0 amide bonds. The molecule has 0 saturated carbocycles. The molecule has 0 fully saturated rings. The lowest BCUT2D eigenvalue weighted by atomic mass is 10.1. The molecule has 0 spiro atoms. The number of fused-ring (bicyclic) bond motifs is 1. The van der Waals surface area contributed by atoms with Gasteiger partial charge in [0, 0.05) is 0 Å². The standard InChI is InChI=1S/C12H21N3O2S2/c1-2-3-4-5-6-7-8-11-13-15-9-10-19(16,17)14-12(15)18-11/h2-10H2,1H3. The van der Waals surface area contributed by atoms with Gasteiger partial charge in [-0.3, -0.25) is 0 Å². The Morgan fingerprint density at radius 3 is 2.74 bits per heavy atom. The lowest BCUT2D eigenvalue weighted by Gasteiger charge is -2.17. The van der Waals surface area contributed by atoms with Crippen molar-refractivity contribution in [3.8, 4) is 0 Å². The van der Waals surface area contributed by atoms with Gasteiger partial charge in [0.2, 0.25) is 5.17 Å². The highest BCUT2D eigenvalue weighted by Gasteiger charge is 2.30. The van der Waals surface area contributed by atoms with E-state index in [9.17, 15) is 8.42 Å². The molecule has 5 nitrogen and oxygen atoms in total. The summed E-state index contributed by atoms with van der Waals surface area (Å²) in [7, 11) is -3.24. The van der Waals surface area contributed by atoms with E-state index in [-0.39, 0.29) is 5.75 Å². The molecule has 0 aliphatic carbocycles. The number of hydrazone groups is 1. The highest BCUT2D eigenvalue weighted by molar-refractivity contribution is 8.27. The molecule has 0 unspecified atom stereocenters. The van der Waals surface area contributed by atoms with Crippen LogP contribution in [0.4, 0.5) is 0 Å². The maximum atomic E-state index is 11.4. The van der Waals surface area contributed by atoms with Crippen LogP contribution in [-0.2, 0) is 10.0 Å². The van der Waals surface area contributed by atoms with Crippen molar-refractivity contribution >= 4 is 32.0 Å². The molecule has 7 heteroatoms. The highest BCUT2D eigenvalue weighted by atomic mass is 32.2. The van der Waals surface area contributed by atoms with Crippen LogP contribution >= 0.6 is 11.8 Å². The van der Waals surface area contributed by atoms with E-state index in [1.54, 1.807) is 5.01 Å². The second kappa shape index (κ2) is 6.74. The van der Waals surface area contributed by atoms with E-state index in [4.69, 9.17) is 0 Å². The summed E-state index contributed by atoms with van der Waals surface area (Å²) < 4.78 is 26.5. The summed E-state index contributed by atoms with van der Waals surface area (Å²) in [6.45, 7) is 2.66. The summed E-state index contributed by atoms with van der Waals surface area (Å²) in [6, 6.07) is 0. The first-order chi connectivity index (χ1) is 9.11. The Morgan fingerprint density at radius 2 is 1.95 bits per heavy atom. The van der Waals surface area contributed by atoms with Gasteiger partial charge in [-0.15, -0.1) is 4.40 Å². The van der Waals surface area contributed by atoms with Gasteiger partial charge in [-0.05, 0) is 24.6 Å². The van der Waals surface area contributed by atoms with Crippen molar-refractivity contribution in [3.63, 3.8) is 0 Å². The zero-order valence-electron chi connectivity index (χ0n) is 11.3. The molecule has 19 heavy (non-hydrogen) atoms. The smallest absolute Gasteiger partial charge is 0.240 e. The summed E-state index contributed by atoms with van der Waals surface area (Å²) in [4.78, 5) is 0. The fraction of sp³-hybridized carbons (Fsp3) is 0.833. The number of unbranched alkanes of at least 4 members (excludes halogenated alkanes) is 5. The van der Waals surface area contributed by atoms with Crippen LogP contribution in [-0.4, -0.2) is 35.9 Å². The van der Waals surface area contributed by atoms with Gasteiger partial charge in [-0.25, -0.2) is 13.4 Å². The van der Waals surface area contributed by atoms with Crippen LogP contribution in [0, 0.1) is 0 Å². The second-order valence-corrected chi connectivity index (χ2v) is 7.69. The van der Waals surface area contributed by atoms with Crippen LogP contribution in [0.2, 0.25) is 0 Å². The van der Waals surface area contributed by atoms with Crippen LogP contribution in [0.25, 0.3) is 0 Å². The van der Waals surface area contributed by atoms with Crippen molar-refractivity contribution in [1.82, 2.24) is 5.01 Å². The third-order valence-corrected chi connectivity index (χ3v) is 5.46. The van der Waals surface area contributed by atoms with Crippen molar-refractivity contribution in [2.24, 2.45) is 9.50 Å². The summed E-state index contributed by atoms with van der Waals surface area (Å²) in [5.41, 5.74) is 0. The maximum Gasteiger partial charge on any atom is 0.257 e. The summed E-state index contributed by atoms with van der Waals surface area (Å²) in [6.07, 6.45) is 8.47. The first-order valence-corrected chi connectivity index (χ1v) is 9.39. The van der Waals surface area contributed by atoms with E-state index in [0.717, 1.165) is 17.9 Å². The van der Waals surface area contributed by atoms with Gasteiger partial charge in [0.05, 0.1) is 12.3 Å². The number of thioether (sulfide) groups is 1. The van der Waals surface area contributed by atoms with Crippen LogP contribution < -0.4 is 0 Å². The van der Waals surface area contributed by atoms with Gasteiger partial charge in [-0.1, -0.05) is 39.0 Å². The topological polar surface area (TPSA) is 62.1 Å². The number of amidine groups is 1. The van der Waals surface area contributed by atoms with Gasteiger partial charge in [0.15, 0.2) is 0 Å². The van der Waals surface area contributed by atoms with E-state index in [1.165, 1.54) is 43.9 Å². The molecule has 0 aromatic rings. The molecule has 0 saturated heterocycles. The highest BCUT2D eigenvalue weighted by Crippen LogP contribution is 2.27. The minimum Gasteiger partial charge on any atom is -0.240 e. The average Bonchev–Trinajstić information content (AvgIpc) is 2.74. The molecule has 0 aromatic heterocycles. The largest absolute Gasteiger partial charge is 0.257 e. The Hall–Kier alpha value is -0.560. The molecule has 0 atom stereocenters. The van der Waals surface area contributed by atoms with Crippen LogP contribution in [0.1, 0.15) is 51.9 Å². The number of rotatable bonds is 7. The minimum atomic E-state index is -3.24. The molecule has 0 N–H and O–H groups in total. The van der Waals surface area contributed by atoms with Crippen LogP contribution in [0.3, 0.4) is 0 Å². The third-order valence-electron chi connectivity index (χ3n) is 3.18. The number of nitrogens with zero attached hydrogens (tertiary/aromatic N) is 3. The Kier molecular flexibility index (Phi) is 5.27. The van der Waals surface area contributed by atoms with Gasteiger partial charge in [-0.2, -0.15) is 5.10 Å². The van der Waals surface area contributed by atoms with E-state index >= 15 is 0 Å². The first-order valence-electron chi connectivity index (χ1n) is 6.96. The summed E-state index contributed by atoms with van der Waals surface area (Å²) in [5, 5.41) is 7.69. The van der Waals surface area contributed by atoms with Crippen molar-refractivity contribution in [3.05, 3.63) is 0 Å². The Morgan fingerprint density at radius 1 is 1.21 bits per heavy atom. The number of hydrogen-bond donors (Lipinski definition) is 0. The quantitative estimate of drug-likeness (QED) is 0.678. The minimum absolute atomic E-state index is 0.0743. The SMILES string of the molecule is CCCCCCCCC1=NN2CCS(=O)(=O)N=C2S1. The van der Waals surface area contributed by atoms with Crippen molar-refractivity contribution in [2.45, 2.75) is 51.9 Å². The Bertz CT molecular complexity index is 471. The van der Waals surface area contributed by atoms with Gasteiger partial charge in [0.25, 0.3) is 10.0 Å². The van der Waals surface area contributed by atoms with Crippen molar-refractivity contribution < 1.29 is 8.42 Å². The zero-order valence-corrected chi connectivity index (χ0v) is 13.0. The van der Waals surface area contributed by atoms with E-state index in [2.05, 4.69) is 16.4 Å². The normalized spacial score (nSPS) is 21.0. The Labute approximate surface area is 119 Å². The average molecular weight is 303 g/mol. The number of hydrogen-bond acceptors (Lipinski definition) is 5. The predicted octanol–water partition coefficient (Wildman–Crippen LogP) is 2.80. The van der Waals surface area contributed by atoms with Crippen molar-refractivity contribution in [2.75, 3.05) is 12.3 Å². The molecule has 0 aromatic carbocycles. The second-order valence-electron chi connectivity index (χ2n) is 4.90. The first kappa shape index (κ1) is 14.8. The molecule has 2 aliphatic heterocycles. The molecule has 2 rings (SSSR count). The van der Waals surface area contributed by atoms with Crippen LogP contribution in [0.5, 0.6) is 0 Å². The fourth-order valence-corrected chi connectivity index (χ4v) is 4.24. The van der Waals surface area contributed by atoms with Gasteiger partial charge in [0.1, 0.15) is 5.04 Å². The lowest BCUT2D eigenvalue weighted by Crippen LogP contribution is -2.31. The Balaban J connectivity index is 1.73. The molecular weight excluding hydrogens is 282 g/mol. The van der Waals surface area contributed by atoms with Crippen LogP contribution in [0.15, 0.2) is 9.50 Å². The molecule has 0 bridgehead atoms. The molecule has 0 radical (unpaired) electrons. The zero-order chi connectivity index (χ0) is 13.7. The van der Waals surface area contributed by atoms with Gasteiger partial charge >= 0.3 is 0 Å².